The Bertz CT molecular complexity index is 7530. The highest BCUT2D eigenvalue weighted by Gasteiger charge is 2.26. The highest BCUT2D eigenvalue weighted by Crippen LogP contribution is 2.49. The molecule has 6 nitrogen and oxygen atoms in total. The molecule has 0 bridgehead atoms. The van der Waals surface area contributed by atoms with E-state index in [4.69, 9.17) is 8.83 Å². The molecule has 0 radical (unpaired) electrons. The summed E-state index contributed by atoms with van der Waals surface area (Å²) in [6.07, 6.45) is 0. The molecule has 4 heterocycles. The minimum Gasteiger partial charge on any atom is -0.456 e. The number of furan rings is 2. The molecule has 0 spiro atoms. The van der Waals surface area contributed by atoms with Crippen molar-refractivity contribution in [3.05, 3.63) is 461 Å². The Morgan fingerprint density at radius 1 is 0.158 bits per heavy atom. The van der Waals surface area contributed by atoms with Gasteiger partial charge < -0.3 is 27.8 Å². The number of hydrogen-bond acceptors (Lipinski definition) is 4. The van der Waals surface area contributed by atoms with Gasteiger partial charge in [-0.2, -0.15) is 0 Å². The Balaban J connectivity index is 0.000000145. The van der Waals surface area contributed by atoms with Gasteiger partial charge in [0.05, 0.1) is 27.8 Å². The van der Waals surface area contributed by atoms with Crippen LogP contribution < -0.4 is 9.80 Å². The van der Waals surface area contributed by atoms with Gasteiger partial charge >= 0.3 is 0 Å². The summed E-state index contributed by atoms with van der Waals surface area (Å²) >= 11 is 0. The maximum atomic E-state index is 6.33. The van der Waals surface area contributed by atoms with E-state index in [1.54, 1.807) is 0 Å². The summed E-state index contributed by atoms with van der Waals surface area (Å²) in [6, 6.07) is 166. The average molecular weight is 1530 g/mol. The average Bonchev–Trinajstić information content (AvgIpc) is 1.55. The first-order chi connectivity index (χ1) is 59.5. The SMILES string of the molecule is c1ccc(-c2ccc(N(c3ccc(-c4ccccc4)cc3)c3cc4c(cc3-c3ccccc3)c3cc(-c5ccccc5)ccc3n4-c3ccc4oc5ccccc5c4c3)cc2)cc1.c1ccc(-c2ccc(N(c3ccc(-c4ccccc4)cc3)c3ccc4c5cc(-c6ccccc6)ccc5n(-c5ccc6oc7ccccc7c6c5)c4c3)cc2)cc1. The number of anilines is 6. The van der Waals surface area contributed by atoms with Crippen molar-refractivity contribution in [1.82, 2.24) is 9.13 Å². The van der Waals surface area contributed by atoms with Gasteiger partial charge in [0.15, 0.2) is 0 Å². The maximum absolute atomic E-state index is 6.33. The molecule has 0 aliphatic rings. The van der Waals surface area contributed by atoms with Gasteiger partial charge in [-0.15, -0.1) is 0 Å². The van der Waals surface area contributed by atoms with Crippen molar-refractivity contribution in [3.8, 4) is 89.3 Å². The van der Waals surface area contributed by atoms with Gasteiger partial charge in [-0.1, -0.05) is 315 Å². The molecule has 0 aliphatic carbocycles. The summed E-state index contributed by atoms with van der Waals surface area (Å²) in [5.74, 6) is 0. The van der Waals surface area contributed by atoms with Crippen LogP contribution in [0.2, 0.25) is 0 Å². The zero-order valence-electron chi connectivity index (χ0n) is 65.5. The van der Waals surface area contributed by atoms with E-state index in [2.05, 4.69) is 456 Å². The molecule has 23 rings (SSSR count). The second-order valence-electron chi connectivity index (χ2n) is 30.7. The molecule has 23 aromatic rings. The molecular weight excluding hydrogens is 1460 g/mol. The van der Waals surface area contributed by atoms with E-state index in [1.807, 2.05) is 24.3 Å². The smallest absolute Gasteiger partial charge is 0.135 e. The molecule has 120 heavy (non-hydrogen) atoms. The largest absolute Gasteiger partial charge is 0.456 e. The predicted octanol–water partition coefficient (Wildman–Crippen LogP) is 32.0. The van der Waals surface area contributed by atoms with Crippen LogP contribution in [0.25, 0.3) is 177 Å². The third kappa shape index (κ3) is 13.0. The Kier molecular flexibility index (Phi) is 17.8. The van der Waals surface area contributed by atoms with Crippen molar-refractivity contribution >= 4 is 122 Å². The van der Waals surface area contributed by atoms with Crippen LogP contribution in [0.1, 0.15) is 0 Å². The summed E-state index contributed by atoms with van der Waals surface area (Å²) < 4.78 is 17.5. The normalized spacial score (nSPS) is 11.5. The molecule has 0 saturated heterocycles. The molecule has 0 unspecified atom stereocenters. The van der Waals surface area contributed by atoms with Crippen LogP contribution in [0.15, 0.2) is 470 Å². The Hall–Kier alpha value is -16.0. The van der Waals surface area contributed by atoms with Crippen molar-refractivity contribution in [1.29, 1.82) is 0 Å². The molecule has 4 aromatic heterocycles. The van der Waals surface area contributed by atoms with Gasteiger partial charge in [-0.25, -0.2) is 0 Å². The zero-order chi connectivity index (χ0) is 79.4. The van der Waals surface area contributed by atoms with Crippen LogP contribution in [0.4, 0.5) is 34.1 Å². The lowest BCUT2D eigenvalue weighted by Gasteiger charge is -2.29. The van der Waals surface area contributed by atoms with Crippen LogP contribution in [-0.4, -0.2) is 9.13 Å². The topological polar surface area (TPSA) is 42.6 Å². The number of benzene rings is 19. The van der Waals surface area contributed by atoms with Gasteiger partial charge in [0, 0.05) is 88.5 Å². The predicted molar refractivity (Wildman–Crippen MR) is 504 cm³/mol. The number of para-hydroxylation sites is 2. The fraction of sp³-hybridized carbons (Fsp3) is 0. The molecule has 6 heteroatoms. The van der Waals surface area contributed by atoms with Gasteiger partial charge in [-0.3, -0.25) is 0 Å². The quantitative estimate of drug-likeness (QED) is 0.103. The Morgan fingerprint density at radius 2 is 0.450 bits per heavy atom. The van der Waals surface area contributed by atoms with Crippen molar-refractivity contribution in [2.75, 3.05) is 9.80 Å². The molecule has 0 amide bonds. The van der Waals surface area contributed by atoms with Gasteiger partial charge in [0.2, 0.25) is 0 Å². The van der Waals surface area contributed by atoms with Crippen molar-refractivity contribution < 1.29 is 8.83 Å². The lowest BCUT2D eigenvalue weighted by Crippen LogP contribution is -2.11. The lowest BCUT2D eigenvalue weighted by molar-refractivity contribution is 0.668. The Morgan fingerprint density at radius 3 is 0.842 bits per heavy atom. The van der Waals surface area contributed by atoms with Crippen LogP contribution in [-0.2, 0) is 0 Å². The number of aromatic nitrogens is 2. The van der Waals surface area contributed by atoms with Crippen LogP contribution in [0, 0.1) is 0 Å². The highest BCUT2D eigenvalue weighted by atomic mass is 16.3. The highest BCUT2D eigenvalue weighted by molar-refractivity contribution is 6.16. The minimum atomic E-state index is 0.878. The van der Waals surface area contributed by atoms with Crippen molar-refractivity contribution in [3.63, 3.8) is 0 Å². The summed E-state index contributed by atoms with van der Waals surface area (Å²) in [5, 5.41) is 9.21. The summed E-state index contributed by atoms with van der Waals surface area (Å²) in [7, 11) is 0. The van der Waals surface area contributed by atoms with Gasteiger partial charge in [0.1, 0.15) is 22.3 Å². The third-order valence-electron chi connectivity index (χ3n) is 23.6. The second-order valence-corrected chi connectivity index (χ2v) is 30.7. The summed E-state index contributed by atoms with van der Waals surface area (Å²) in [6.45, 7) is 0. The minimum absolute atomic E-state index is 0.878. The summed E-state index contributed by atoms with van der Waals surface area (Å²) in [4.78, 5) is 4.79. The van der Waals surface area contributed by atoms with Gasteiger partial charge in [0.25, 0.3) is 0 Å². The van der Waals surface area contributed by atoms with E-state index in [0.29, 0.717) is 0 Å². The molecule has 0 atom stereocenters. The van der Waals surface area contributed by atoms with E-state index in [1.165, 1.54) is 88.3 Å². The fourth-order valence-corrected chi connectivity index (χ4v) is 17.7. The van der Waals surface area contributed by atoms with Crippen LogP contribution in [0.3, 0.4) is 0 Å². The maximum Gasteiger partial charge on any atom is 0.135 e. The first kappa shape index (κ1) is 70.6. The van der Waals surface area contributed by atoms with Crippen molar-refractivity contribution in [2.45, 2.75) is 0 Å². The molecule has 19 aromatic carbocycles. The standard InChI is InChI=1S/C60H40N2O.C54H36N2O/c1-5-15-41(16-6-1)44-25-30-48(31-26-44)61(49-32-27-45(28-33-49)42-17-7-2-8-18-42)57-40-58-54(39-52(57)46-21-11-4-12-22-46)53-37-47(43-19-9-3-10-20-43)29-35-56(53)62(58)50-34-36-60-55(38-50)51-23-13-14-24-59(51)63-60;1-4-12-37(13-5-1)40-20-25-43(26-21-40)55(44-27-22-41(23-28-44)38-14-6-2-7-15-38)46-29-31-47-49-34-42(39-16-8-3-9-17-39)24-32-51(49)56(52(47)36-46)45-30-33-54-50(35-45)48-18-10-11-19-53(48)57-54/h1-40H;1-36H. The van der Waals surface area contributed by atoms with E-state index >= 15 is 0 Å². The number of rotatable bonds is 15. The lowest BCUT2D eigenvalue weighted by atomic mass is 9.97. The fourth-order valence-electron chi connectivity index (χ4n) is 17.7. The van der Waals surface area contributed by atoms with E-state index in [0.717, 1.165) is 123 Å². The number of fused-ring (bicyclic) bond motifs is 12. The zero-order valence-corrected chi connectivity index (χ0v) is 65.5. The van der Waals surface area contributed by atoms with Crippen LogP contribution in [0.5, 0.6) is 0 Å². The number of nitrogens with zero attached hydrogens (tertiary/aromatic N) is 4. The summed E-state index contributed by atoms with van der Waals surface area (Å²) in [5.41, 5.74) is 33.3. The molecule has 0 aliphatic heterocycles. The molecule has 564 valence electrons. The first-order valence-electron chi connectivity index (χ1n) is 40.9. The number of hydrogen-bond donors (Lipinski definition) is 0. The van der Waals surface area contributed by atoms with E-state index < -0.39 is 0 Å². The van der Waals surface area contributed by atoms with Crippen molar-refractivity contribution in [2.24, 2.45) is 0 Å². The molecular formula is C114H76N4O2. The molecule has 0 N–H and O–H groups in total. The van der Waals surface area contributed by atoms with E-state index in [9.17, 15) is 0 Å². The molecule has 0 fully saturated rings. The van der Waals surface area contributed by atoms with Crippen LogP contribution >= 0.6 is 0 Å². The third-order valence-corrected chi connectivity index (χ3v) is 23.6. The first-order valence-corrected chi connectivity index (χ1v) is 40.9. The van der Waals surface area contributed by atoms with E-state index in [-0.39, 0.29) is 0 Å². The van der Waals surface area contributed by atoms with Gasteiger partial charge in [-0.05, 0) is 218 Å². The second kappa shape index (κ2) is 30.3. The monoisotopic (exact) mass is 1530 g/mol. The Labute approximate surface area is 695 Å². The molecule has 0 saturated carbocycles.